The summed E-state index contributed by atoms with van der Waals surface area (Å²) in [5, 5.41) is 48.6. The molecule has 5 rings (SSSR count). The molecular weight excluding hydrogens is 635 g/mol. The van der Waals surface area contributed by atoms with Gasteiger partial charge in [0.25, 0.3) is 11.6 Å². The normalized spacial score (nSPS) is 34.9. The molecule has 4 aliphatic rings. The number of non-ortho nitro benzene ring substituents is 1. The van der Waals surface area contributed by atoms with Crippen molar-refractivity contribution < 1.29 is 34.6 Å². The topological polar surface area (TPSA) is 167 Å². The quantitative estimate of drug-likeness (QED) is 0.152. The number of nitro groups is 1. The molecule has 250 valence electrons. The minimum atomic E-state index is -1.79. The number of hydrogen-bond donors (Lipinski definition) is 4. The number of carbonyl (C=O) groups is 3. The fourth-order valence-corrected chi connectivity index (χ4v) is 9.22. The average molecular weight is 678 g/mol. The molecule has 0 aromatic heterocycles. The SMILES string of the molecule is CC(Cl)(Cl)C(=O)N[C@H](CCCC(=O)[C@@]1(O)CC[C@H]2[C@@H]3CCC4=CC(=O)C=C[C@]4(C)[C@H]3[C@@H](O)C[C@@]21C)[C@H](O)c1ccc([N+](=O)[O-])cc1. The Morgan fingerprint density at radius 1 is 1.20 bits per heavy atom. The van der Waals surface area contributed by atoms with Crippen LogP contribution in [0.2, 0.25) is 0 Å². The molecule has 1 aromatic carbocycles. The number of amides is 1. The lowest BCUT2D eigenvalue weighted by Crippen LogP contribution is -2.61. The van der Waals surface area contributed by atoms with Crippen LogP contribution in [0.4, 0.5) is 5.69 Å². The zero-order chi connectivity index (χ0) is 33.8. The van der Waals surface area contributed by atoms with E-state index in [1.165, 1.54) is 31.2 Å². The summed E-state index contributed by atoms with van der Waals surface area (Å²) in [4.78, 5) is 49.1. The maximum Gasteiger partial charge on any atom is 0.269 e. The van der Waals surface area contributed by atoms with Gasteiger partial charge in [-0.2, -0.15) is 0 Å². The second-order valence-electron chi connectivity index (χ2n) is 14.2. The maximum absolute atomic E-state index is 13.9. The first kappa shape index (κ1) is 34.7. The molecular formula is C34H42Cl2N2O8. The van der Waals surface area contributed by atoms with Gasteiger partial charge in [-0.1, -0.05) is 48.7 Å². The van der Waals surface area contributed by atoms with E-state index >= 15 is 0 Å². The van der Waals surface area contributed by atoms with Crippen molar-refractivity contribution in [2.24, 2.45) is 28.6 Å². The van der Waals surface area contributed by atoms with Gasteiger partial charge in [-0.3, -0.25) is 24.5 Å². The number of aliphatic hydroxyl groups is 3. The van der Waals surface area contributed by atoms with Gasteiger partial charge >= 0.3 is 0 Å². The number of Topliss-reactive ketones (excluding diaryl/α,β-unsaturated/α-hetero) is 1. The third kappa shape index (κ3) is 5.96. The summed E-state index contributed by atoms with van der Waals surface area (Å²) in [5.74, 6) is -1.16. The highest BCUT2D eigenvalue weighted by Gasteiger charge is 2.67. The van der Waals surface area contributed by atoms with E-state index < -0.39 is 49.8 Å². The number of nitro benzene ring substituents is 1. The molecule has 0 heterocycles. The summed E-state index contributed by atoms with van der Waals surface area (Å²) in [7, 11) is 0. The van der Waals surface area contributed by atoms with Crippen molar-refractivity contribution in [1.82, 2.24) is 5.32 Å². The number of halogens is 2. The third-order valence-electron chi connectivity index (χ3n) is 11.6. The summed E-state index contributed by atoms with van der Waals surface area (Å²) >= 11 is 12.0. The van der Waals surface area contributed by atoms with Crippen molar-refractivity contribution in [2.45, 2.75) is 100 Å². The molecule has 9 atom stereocenters. The van der Waals surface area contributed by atoms with E-state index in [4.69, 9.17) is 23.2 Å². The summed E-state index contributed by atoms with van der Waals surface area (Å²) < 4.78 is -1.79. The lowest BCUT2D eigenvalue weighted by atomic mass is 9.46. The number of allylic oxidation sites excluding steroid dienone is 4. The first-order chi connectivity index (χ1) is 21.4. The Kier molecular flexibility index (Phi) is 9.38. The van der Waals surface area contributed by atoms with Crippen LogP contribution in [0, 0.1) is 38.7 Å². The number of benzene rings is 1. The van der Waals surface area contributed by atoms with Gasteiger partial charge < -0.3 is 20.6 Å². The van der Waals surface area contributed by atoms with E-state index in [0.717, 1.165) is 18.4 Å². The average Bonchev–Trinajstić information content (AvgIpc) is 3.26. The number of aliphatic hydroxyl groups excluding tert-OH is 2. The fraction of sp³-hybridized carbons (Fsp3) is 0.618. The van der Waals surface area contributed by atoms with Gasteiger partial charge in [0.1, 0.15) is 5.60 Å². The van der Waals surface area contributed by atoms with E-state index in [0.29, 0.717) is 12.0 Å². The number of nitrogens with one attached hydrogen (secondary N) is 1. The number of hydrogen-bond acceptors (Lipinski definition) is 8. The standard InChI is InChI=1S/C34H42Cl2N2O8/c1-31-15-13-22(39)17-20(31)9-12-23-24-14-16-34(44,32(24,2)18-26(40)28(23)31)27(41)6-4-5-25(37-30(43)33(3,35)36)29(42)19-7-10-21(11-8-19)38(45)46/h7-8,10-11,13,15,17,23-26,28-29,40,42,44H,4-6,9,12,14,16,18H2,1-3H3,(H,37,43)/t23-,24-,25+,26-,28+,29+,31-,32-,34-/m0/s1. The number of rotatable bonds is 10. The van der Waals surface area contributed by atoms with Crippen molar-refractivity contribution >= 4 is 46.4 Å². The minimum absolute atomic E-state index is 0.0142. The van der Waals surface area contributed by atoms with Crippen LogP contribution in [0.5, 0.6) is 0 Å². The molecule has 0 saturated heterocycles. The molecule has 0 radical (unpaired) electrons. The Morgan fingerprint density at radius 2 is 1.87 bits per heavy atom. The first-order valence-electron chi connectivity index (χ1n) is 15.9. The van der Waals surface area contributed by atoms with E-state index in [9.17, 15) is 39.8 Å². The van der Waals surface area contributed by atoms with Crippen LogP contribution in [0.25, 0.3) is 0 Å². The van der Waals surface area contributed by atoms with Crippen molar-refractivity contribution in [2.75, 3.05) is 0 Å². The fourth-order valence-electron chi connectivity index (χ4n) is 9.11. The van der Waals surface area contributed by atoms with Crippen molar-refractivity contribution in [3.05, 3.63) is 63.7 Å². The predicted octanol–water partition coefficient (Wildman–Crippen LogP) is 5.06. The van der Waals surface area contributed by atoms with Crippen LogP contribution >= 0.6 is 23.2 Å². The highest BCUT2D eigenvalue weighted by atomic mass is 35.5. The molecule has 3 fully saturated rings. The summed E-state index contributed by atoms with van der Waals surface area (Å²) in [6.07, 6.45) is 6.13. The predicted molar refractivity (Wildman–Crippen MR) is 172 cm³/mol. The Bertz CT molecular complexity index is 1470. The molecule has 1 amide bonds. The van der Waals surface area contributed by atoms with Crippen LogP contribution in [-0.2, 0) is 14.4 Å². The zero-order valence-electron chi connectivity index (χ0n) is 26.2. The van der Waals surface area contributed by atoms with Crippen molar-refractivity contribution in [1.29, 1.82) is 0 Å². The van der Waals surface area contributed by atoms with Crippen molar-refractivity contribution in [3.8, 4) is 0 Å². The van der Waals surface area contributed by atoms with Crippen LogP contribution < -0.4 is 5.32 Å². The lowest BCUT2D eigenvalue weighted by Gasteiger charge is -2.59. The molecule has 0 aliphatic heterocycles. The van der Waals surface area contributed by atoms with Crippen LogP contribution in [0.3, 0.4) is 0 Å². The highest BCUT2D eigenvalue weighted by molar-refractivity contribution is 6.57. The number of carbonyl (C=O) groups excluding carboxylic acids is 3. The van der Waals surface area contributed by atoms with Gasteiger partial charge in [0, 0.05) is 35.3 Å². The Morgan fingerprint density at radius 3 is 2.50 bits per heavy atom. The summed E-state index contributed by atoms with van der Waals surface area (Å²) in [6.45, 7) is 5.28. The second kappa shape index (κ2) is 12.4. The van der Waals surface area contributed by atoms with Gasteiger partial charge in [-0.05, 0) is 93.6 Å². The van der Waals surface area contributed by atoms with Crippen LogP contribution in [0.15, 0.2) is 48.1 Å². The summed E-state index contributed by atoms with van der Waals surface area (Å²) in [5.41, 5.74) is -1.75. The van der Waals surface area contributed by atoms with Crippen LogP contribution in [-0.4, -0.2) is 59.8 Å². The number of alkyl halides is 2. The van der Waals surface area contributed by atoms with Gasteiger partial charge in [-0.25, -0.2) is 0 Å². The van der Waals surface area contributed by atoms with Crippen molar-refractivity contribution in [3.63, 3.8) is 0 Å². The van der Waals surface area contributed by atoms with E-state index in [1.807, 2.05) is 13.0 Å². The van der Waals surface area contributed by atoms with Gasteiger partial charge in [0.2, 0.25) is 0 Å². The van der Waals surface area contributed by atoms with E-state index in [2.05, 4.69) is 12.2 Å². The molecule has 1 aromatic rings. The first-order valence-corrected chi connectivity index (χ1v) is 16.7. The molecule has 10 nitrogen and oxygen atoms in total. The minimum Gasteiger partial charge on any atom is -0.393 e. The molecule has 46 heavy (non-hydrogen) atoms. The Hall–Kier alpha value is -2.63. The maximum atomic E-state index is 13.9. The second-order valence-corrected chi connectivity index (χ2v) is 15.9. The third-order valence-corrected chi connectivity index (χ3v) is 11.9. The smallest absolute Gasteiger partial charge is 0.269 e. The molecule has 0 spiro atoms. The number of fused-ring (bicyclic) bond motifs is 5. The summed E-state index contributed by atoms with van der Waals surface area (Å²) in [6, 6.07) is 4.35. The molecule has 12 heteroatoms. The number of nitrogens with zero attached hydrogens (tertiary/aromatic N) is 1. The molecule has 4 aliphatic carbocycles. The van der Waals surface area contributed by atoms with E-state index in [1.54, 1.807) is 12.2 Å². The lowest BCUT2D eigenvalue weighted by molar-refractivity contribution is -0.384. The monoisotopic (exact) mass is 676 g/mol. The zero-order valence-corrected chi connectivity index (χ0v) is 27.8. The number of ketones is 2. The molecule has 4 N–H and O–H groups in total. The van der Waals surface area contributed by atoms with Gasteiger partial charge in [0.05, 0.1) is 23.2 Å². The molecule has 3 saturated carbocycles. The molecule has 0 unspecified atom stereocenters. The Balaban J connectivity index is 1.30. The van der Waals surface area contributed by atoms with E-state index in [-0.39, 0.29) is 67.1 Å². The molecule has 0 bridgehead atoms. The Labute approximate surface area is 278 Å². The largest absolute Gasteiger partial charge is 0.393 e. The van der Waals surface area contributed by atoms with Crippen LogP contribution in [0.1, 0.15) is 83.8 Å². The highest BCUT2D eigenvalue weighted by Crippen LogP contribution is 2.67. The van der Waals surface area contributed by atoms with Gasteiger partial charge in [0.15, 0.2) is 15.9 Å². The van der Waals surface area contributed by atoms with Gasteiger partial charge in [-0.15, -0.1) is 0 Å².